The van der Waals surface area contributed by atoms with Crippen LogP contribution >= 0.6 is 0 Å². The molecule has 0 fully saturated rings. The van der Waals surface area contributed by atoms with E-state index in [0.29, 0.717) is 5.75 Å². The van der Waals surface area contributed by atoms with Crippen molar-refractivity contribution >= 4 is 0 Å². The van der Waals surface area contributed by atoms with E-state index in [9.17, 15) is 5.11 Å². The van der Waals surface area contributed by atoms with Crippen LogP contribution in [0.5, 0.6) is 5.75 Å². The van der Waals surface area contributed by atoms with Crippen LogP contribution in [-0.4, -0.2) is 5.11 Å². The lowest BCUT2D eigenvalue weighted by atomic mass is 10.0. The van der Waals surface area contributed by atoms with Crippen LogP contribution in [0.1, 0.15) is 76.3 Å². The summed E-state index contributed by atoms with van der Waals surface area (Å²) < 4.78 is 0. The Morgan fingerprint density at radius 3 is 2.05 bits per heavy atom. The van der Waals surface area contributed by atoms with E-state index in [1.54, 1.807) is 0 Å². The third kappa shape index (κ3) is 6.66. The first-order chi connectivity index (χ1) is 9.27. The Morgan fingerprint density at radius 2 is 1.47 bits per heavy atom. The van der Waals surface area contributed by atoms with Crippen LogP contribution in [0.15, 0.2) is 18.2 Å². The molecule has 108 valence electrons. The average Bonchev–Trinajstić information content (AvgIpc) is 2.42. The van der Waals surface area contributed by atoms with Gasteiger partial charge < -0.3 is 5.11 Å². The molecule has 0 atom stereocenters. The van der Waals surface area contributed by atoms with Gasteiger partial charge in [-0.3, -0.25) is 0 Å². The summed E-state index contributed by atoms with van der Waals surface area (Å²) in [5.74, 6) is 0.472. The standard InChI is InChI=1S/C18H30O/c1-3-5-6-7-8-9-10-11-12-16-13-14-17(4-2)18(19)15-16/h13-15,19H,3-12H2,1-2H3. The highest BCUT2D eigenvalue weighted by Crippen LogP contribution is 2.20. The highest BCUT2D eigenvalue weighted by molar-refractivity contribution is 5.36. The van der Waals surface area contributed by atoms with Gasteiger partial charge in [0, 0.05) is 0 Å². The molecule has 19 heavy (non-hydrogen) atoms. The Hall–Kier alpha value is -0.980. The van der Waals surface area contributed by atoms with E-state index in [-0.39, 0.29) is 0 Å². The lowest BCUT2D eigenvalue weighted by Crippen LogP contribution is -1.89. The van der Waals surface area contributed by atoms with Crippen LogP contribution in [0.25, 0.3) is 0 Å². The molecule has 0 radical (unpaired) electrons. The molecule has 0 bridgehead atoms. The third-order valence-electron chi connectivity index (χ3n) is 3.85. The molecular weight excluding hydrogens is 232 g/mol. The normalized spacial score (nSPS) is 10.8. The second-order valence-corrected chi connectivity index (χ2v) is 5.54. The van der Waals surface area contributed by atoms with Gasteiger partial charge in [-0.25, -0.2) is 0 Å². The Kier molecular flexibility index (Phi) is 8.36. The SMILES string of the molecule is CCCCCCCCCCc1ccc(CC)c(O)c1. The molecule has 1 nitrogen and oxygen atoms in total. The first-order valence-electron chi connectivity index (χ1n) is 8.08. The number of hydrogen-bond donors (Lipinski definition) is 1. The number of phenolic OH excluding ortho intramolecular Hbond substituents is 1. The number of phenols is 1. The van der Waals surface area contributed by atoms with Crippen molar-refractivity contribution in [1.82, 2.24) is 0 Å². The molecule has 0 aliphatic heterocycles. The summed E-state index contributed by atoms with van der Waals surface area (Å²) in [6.07, 6.45) is 12.9. The maximum absolute atomic E-state index is 9.81. The quantitative estimate of drug-likeness (QED) is 0.541. The van der Waals surface area contributed by atoms with Gasteiger partial charge in [-0.15, -0.1) is 0 Å². The number of aryl methyl sites for hydroxylation is 2. The van der Waals surface area contributed by atoms with Gasteiger partial charge in [0.05, 0.1) is 0 Å². The van der Waals surface area contributed by atoms with Gasteiger partial charge >= 0.3 is 0 Å². The van der Waals surface area contributed by atoms with Gasteiger partial charge in [-0.05, 0) is 36.5 Å². The highest BCUT2D eigenvalue weighted by atomic mass is 16.3. The maximum Gasteiger partial charge on any atom is 0.119 e. The molecule has 0 unspecified atom stereocenters. The molecule has 0 aromatic heterocycles. The second kappa shape index (κ2) is 9.89. The number of unbranched alkanes of at least 4 members (excludes halogenated alkanes) is 7. The van der Waals surface area contributed by atoms with Crippen LogP contribution in [0, 0.1) is 0 Å². The van der Waals surface area contributed by atoms with E-state index in [0.717, 1.165) is 18.4 Å². The Morgan fingerprint density at radius 1 is 0.842 bits per heavy atom. The largest absolute Gasteiger partial charge is 0.508 e. The lowest BCUT2D eigenvalue weighted by Gasteiger charge is -2.06. The van der Waals surface area contributed by atoms with E-state index < -0.39 is 0 Å². The summed E-state index contributed by atoms with van der Waals surface area (Å²) >= 11 is 0. The fourth-order valence-corrected chi connectivity index (χ4v) is 2.53. The van der Waals surface area contributed by atoms with Crippen molar-refractivity contribution in [2.24, 2.45) is 0 Å². The minimum absolute atomic E-state index is 0.472. The van der Waals surface area contributed by atoms with Crippen LogP contribution in [0.4, 0.5) is 0 Å². The third-order valence-corrected chi connectivity index (χ3v) is 3.85. The minimum atomic E-state index is 0.472. The molecule has 0 saturated heterocycles. The number of benzene rings is 1. The summed E-state index contributed by atoms with van der Waals surface area (Å²) in [5.41, 5.74) is 2.33. The van der Waals surface area contributed by atoms with E-state index in [1.807, 2.05) is 6.07 Å². The summed E-state index contributed by atoms with van der Waals surface area (Å²) in [5, 5.41) is 9.81. The zero-order chi connectivity index (χ0) is 13.9. The topological polar surface area (TPSA) is 20.2 Å². The van der Waals surface area contributed by atoms with Crippen molar-refractivity contribution in [2.75, 3.05) is 0 Å². The van der Waals surface area contributed by atoms with E-state index >= 15 is 0 Å². The van der Waals surface area contributed by atoms with Crippen molar-refractivity contribution in [3.8, 4) is 5.75 Å². The Labute approximate surface area is 119 Å². The molecule has 1 aromatic carbocycles. The summed E-state index contributed by atoms with van der Waals surface area (Å²) in [7, 11) is 0. The van der Waals surface area contributed by atoms with Crippen LogP contribution in [0.2, 0.25) is 0 Å². The predicted molar refractivity (Wildman–Crippen MR) is 83.8 cm³/mol. The molecule has 1 heteroatoms. The fraction of sp³-hybridized carbons (Fsp3) is 0.667. The van der Waals surface area contributed by atoms with Gasteiger partial charge in [-0.2, -0.15) is 0 Å². The van der Waals surface area contributed by atoms with Gasteiger partial charge in [-0.1, -0.05) is 70.9 Å². The molecule has 1 N–H and O–H groups in total. The van der Waals surface area contributed by atoms with E-state index in [1.165, 1.54) is 56.9 Å². The first-order valence-corrected chi connectivity index (χ1v) is 8.08. The summed E-state index contributed by atoms with van der Waals surface area (Å²) in [6.45, 7) is 4.34. The van der Waals surface area contributed by atoms with Crippen LogP contribution < -0.4 is 0 Å². The van der Waals surface area contributed by atoms with Crippen molar-refractivity contribution in [3.05, 3.63) is 29.3 Å². The molecule has 0 saturated carbocycles. The summed E-state index contributed by atoms with van der Waals surface area (Å²) in [4.78, 5) is 0. The van der Waals surface area contributed by atoms with Crippen molar-refractivity contribution < 1.29 is 5.11 Å². The van der Waals surface area contributed by atoms with E-state index in [2.05, 4.69) is 26.0 Å². The van der Waals surface area contributed by atoms with Crippen molar-refractivity contribution in [2.45, 2.75) is 78.1 Å². The Balaban J connectivity index is 2.11. The minimum Gasteiger partial charge on any atom is -0.508 e. The smallest absolute Gasteiger partial charge is 0.119 e. The maximum atomic E-state index is 9.81. The monoisotopic (exact) mass is 262 g/mol. The summed E-state index contributed by atoms with van der Waals surface area (Å²) in [6, 6.07) is 6.18. The van der Waals surface area contributed by atoms with Gasteiger partial charge in [0.1, 0.15) is 5.75 Å². The van der Waals surface area contributed by atoms with Crippen LogP contribution in [-0.2, 0) is 12.8 Å². The molecule has 0 aliphatic rings. The average molecular weight is 262 g/mol. The fourth-order valence-electron chi connectivity index (χ4n) is 2.53. The number of aromatic hydroxyl groups is 1. The first kappa shape index (κ1) is 16.1. The van der Waals surface area contributed by atoms with E-state index in [4.69, 9.17) is 0 Å². The molecule has 1 aromatic rings. The molecule has 1 rings (SSSR count). The zero-order valence-corrected chi connectivity index (χ0v) is 12.8. The van der Waals surface area contributed by atoms with Gasteiger partial charge in [0.25, 0.3) is 0 Å². The highest BCUT2D eigenvalue weighted by Gasteiger charge is 2.00. The van der Waals surface area contributed by atoms with Gasteiger partial charge in [0.15, 0.2) is 0 Å². The van der Waals surface area contributed by atoms with Gasteiger partial charge in [0.2, 0.25) is 0 Å². The predicted octanol–water partition coefficient (Wildman–Crippen LogP) is 5.64. The van der Waals surface area contributed by atoms with Crippen LogP contribution in [0.3, 0.4) is 0 Å². The Bertz CT molecular complexity index is 344. The zero-order valence-electron chi connectivity index (χ0n) is 12.8. The molecule has 0 heterocycles. The van der Waals surface area contributed by atoms with Crippen molar-refractivity contribution in [1.29, 1.82) is 0 Å². The number of rotatable bonds is 10. The number of hydrogen-bond acceptors (Lipinski definition) is 1. The molecule has 0 amide bonds. The molecule has 0 spiro atoms. The second-order valence-electron chi connectivity index (χ2n) is 5.54. The molecular formula is C18H30O. The molecule has 0 aliphatic carbocycles. The lowest BCUT2D eigenvalue weighted by molar-refractivity contribution is 0.468. The van der Waals surface area contributed by atoms with Crippen molar-refractivity contribution in [3.63, 3.8) is 0 Å².